The predicted octanol–water partition coefficient (Wildman–Crippen LogP) is 3.60. The Morgan fingerprint density at radius 1 is 1.48 bits per heavy atom. The Balaban J connectivity index is 2.26. The van der Waals surface area contributed by atoms with Crippen molar-refractivity contribution < 1.29 is 9.72 Å². The molecule has 0 N–H and O–H groups in total. The highest BCUT2D eigenvalue weighted by atomic mass is 35.5. The van der Waals surface area contributed by atoms with Crippen molar-refractivity contribution in [2.75, 3.05) is 13.3 Å². The van der Waals surface area contributed by atoms with Crippen LogP contribution in [0.3, 0.4) is 0 Å². The van der Waals surface area contributed by atoms with Crippen molar-refractivity contribution in [1.82, 2.24) is 4.90 Å². The van der Waals surface area contributed by atoms with Gasteiger partial charge in [0.2, 0.25) is 0 Å². The van der Waals surface area contributed by atoms with Gasteiger partial charge in [-0.2, -0.15) is 11.8 Å². The average Bonchev–Trinajstić information content (AvgIpc) is 2.94. The lowest BCUT2D eigenvalue weighted by Crippen LogP contribution is -2.36. The van der Waals surface area contributed by atoms with Crippen LogP contribution in [0.2, 0.25) is 5.02 Å². The maximum Gasteiger partial charge on any atom is 0.283 e. The molecule has 0 heterocycles. The van der Waals surface area contributed by atoms with Crippen LogP contribution in [-0.2, 0) is 0 Å². The molecule has 21 heavy (non-hydrogen) atoms. The van der Waals surface area contributed by atoms with E-state index in [4.69, 9.17) is 11.6 Å². The SMILES string of the molecule is CS[C@@H]1CC[C@@H](N(C)C(=O)c2c(Cl)cccc2[N+](=O)[O-])C1. The number of carbonyl (C=O) groups is 1. The summed E-state index contributed by atoms with van der Waals surface area (Å²) in [5.41, 5.74) is -0.252. The summed E-state index contributed by atoms with van der Waals surface area (Å²) in [7, 11) is 1.70. The van der Waals surface area contributed by atoms with Gasteiger partial charge >= 0.3 is 0 Å². The molecule has 1 aliphatic rings. The first-order valence-corrected chi connectivity index (χ1v) is 8.35. The summed E-state index contributed by atoms with van der Waals surface area (Å²) in [6.45, 7) is 0. The number of amides is 1. The lowest BCUT2D eigenvalue weighted by Gasteiger charge is -2.25. The largest absolute Gasteiger partial charge is 0.338 e. The summed E-state index contributed by atoms with van der Waals surface area (Å²) in [6, 6.07) is 4.42. The standard InChI is InChI=1S/C14H17ClN2O3S/c1-16(9-6-7-10(8-9)21-2)14(18)13-11(15)4-3-5-12(13)17(19)20/h3-5,9-10H,6-8H2,1-2H3/t9-,10-/m1/s1. The highest BCUT2D eigenvalue weighted by Gasteiger charge is 2.33. The highest BCUT2D eigenvalue weighted by Crippen LogP contribution is 2.33. The Labute approximate surface area is 132 Å². The fraction of sp³-hybridized carbons (Fsp3) is 0.500. The minimum absolute atomic E-state index is 0.0146. The van der Waals surface area contributed by atoms with Gasteiger partial charge in [-0.05, 0) is 31.6 Å². The summed E-state index contributed by atoms with van der Waals surface area (Å²) < 4.78 is 0. The molecule has 2 atom stereocenters. The maximum atomic E-state index is 12.6. The number of nitrogens with zero attached hydrogens (tertiary/aromatic N) is 2. The fourth-order valence-corrected chi connectivity index (χ4v) is 3.74. The topological polar surface area (TPSA) is 63.5 Å². The van der Waals surface area contributed by atoms with E-state index < -0.39 is 4.92 Å². The van der Waals surface area contributed by atoms with Gasteiger partial charge in [0.15, 0.2) is 0 Å². The second-order valence-corrected chi connectivity index (χ2v) is 6.68. The first-order valence-electron chi connectivity index (χ1n) is 6.68. The van der Waals surface area contributed by atoms with Crippen LogP contribution in [0, 0.1) is 10.1 Å². The van der Waals surface area contributed by atoms with Crippen molar-refractivity contribution in [3.8, 4) is 0 Å². The van der Waals surface area contributed by atoms with E-state index in [-0.39, 0.29) is 28.2 Å². The first-order chi connectivity index (χ1) is 9.95. The quantitative estimate of drug-likeness (QED) is 0.625. The zero-order chi connectivity index (χ0) is 15.6. The van der Waals surface area contributed by atoms with Crippen molar-refractivity contribution in [2.45, 2.75) is 30.6 Å². The first kappa shape index (κ1) is 16.1. The molecule has 0 bridgehead atoms. The van der Waals surface area contributed by atoms with Crippen LogP contribution in [0.15, 0.2) is 18.2 Å². The molecule has 0 aromatic heterocycles. The van der Waals surface area contributed by atoms with E-state index in [1.54, 1.807) is 23.7 Å². The average molecular weight is 329 g/mol. The van der Waals surface area contributed by atoms with Crippen LogP contribution in [0.4, 0.5) is 5.69 Å². The Morgan fingerprint density at radius 2 is 2.19 bits per heavy atom. The van der Waals surface area contributed by atoms with Gasteiger partial charge in [0.1, 0.15) is 5.56 Å². The fourth-order valence-electron chi connectivity index (χ4n) is 2.70. The van der Waals surface area contributed by atoms with Gasteiger partial charge < -0.3 is 4.90 Å². The van der Waals surface area contributed by atoms with Crippen molar-refractivity contribution in [1.29, 1.82) is 0 Å². The summed E-state index contributed by atoms with van der Waals surface area (Å²) in [4.78, 5) is 24.7. The summed E-state index contributed by atoms with van der Waals surface area (Å²) in [5, 5.41) is 11.8. The van der Waals surface area contributed by atoms with Crippen molar-refractivity contribution in [2.24, 2.45) is 0 Å². The number of nitro benzene ring substituents is 1. The van der Waals surface area contributed by atoms with Gasteiger partial charge in [-0.3, -0.25) is 14.9 Å². The molecule has 1 aromatic carbocycles. The van der Waals surface area contributed by atoms with Crippen LogP contribution >= 0.6 is 23.4 Å². The van der Waals surface area contributed by atoms with Crippen molar-refractivity contribution in [3.63, 3.8) is 0 Å². The molecule has 5 nitrogen and oxygen atoms in total. The second-order valence-electron chi connectivity index (χ2n) is 5.13. The van der Waals surface area contributed by atoms with E-state index >= 15 is 0 Å². The number of nitro groups is 1. The van der Waals surface area contributed by atoms with E-state index in [9.17, 15) is 14.9 Å². The van der Waals surface area contributed by atoms with Crippen LogP contribution < -0.4 is 0 Å². The molecule has 0 saturated heterocycles. The van der Waals surface area contributed by atoms with Crippen molar-refractivity contribution in [3.05, 3.63) is 38.9 Å². The third-order valence-electron chi connectivity index (χ3n) is 3.96. The Bertz CT molecular complexity index is 567. The van der Waals surface area contributed by atoms with Crippen LogP contribution in [0.25, 0.3) is 0 Å². The van der Waals surface area contributed by atoms with Gasteiger partial charge in [0.05, 0.1) is 9.95 Å². The minimum Gasteiger partial charge on any atom is -0.338 e. The predicted molar refractivity (Wildman–Crippen MR) is 85.1 cm³/mol. The van der Waals surface area contributed by atoms with Gasteiger partial charge in [-0.15, -0.1) is 0 Å². The number of rotatable bonds is 4. The molecule has 114 valence electrons. The highest BCUT2D eigenvalue weighted by molar-refractivity contribution is 7.99. The summed E-state index contributed by atoms with van der Waals surface area (Å²) in [6.07, 6.45) is 4.97. The van der Waals surface area contributed by atoms with Gasteiger partial charge in [-0.25, -0.2) is 0 Å². The lowest BCUT2D eigenvalue weighted by molar-refractivity contribution is -0.385. The van der Waals surface area contributed by atoms with E-state index in [1.807, 2.05) is 0 Å². The molecule has 0 unspecified atom stereocenters. The number of halogens is 1. The Kier molecular flexibility index (Phi) is 5.11. The third kappa shape index (κ3) is 3.32. The minimum atomic E-state index is -0.563. The van der Waals surface area contributed by atoms with E-state index in [0.717, 1.165) is 19.3 Å². The molecular formula is C14H17ClN2O3S. The molecule has 1 aliphatic carbocycles. The molecule has 0 aliphatic heterocycles. The van der Waals surface area contributed by atoms with Gasteiger partial charge in [-0.1, -0.05) is 17.7 Å². The smallest absolute Gasteiger partial charge is 0.283 e. The van der Waals surface area contributed by atoms with Crippen LogP contribution in [0.1, 0.15) is 29.6 Å². The zero-order valence-electron chi connectivity index (χ0n) is 11.9. The lowest BCUT2D eigenvalue weighted by atomic mass is 10.1. The third-order valence-corrected chi connectivity index (χ3v) is 5.37. The normalized spacial score (nSPS) is 21.3. The zero-order valence-corrected chi connectivity index (χ0v) is 13.5. The summed E-state index contributed by atoms with van der Waals surface area (Å²) in [5.74, 6) is -0.376. The van der Waals surface area contributed by atoms with E-state index in [1.165, 1.54) is 18.2 Å². The molecule has 2 rings (SSSR count). The number of carbonyl (C=O) groups excluding carboxylic acids is 1. The van der Waals surface area contributed by atoms with Crippen LogP contribution in [0.5, 0.6) is 0 Å². The molecule has 1 fully saturated rings. The Morgan fingerprint density at radius 3 is 2.76 bits per heavy atom. The van der Waals surface area contributed by atoms with E-state index in [2.05, 4.69) is 6.26 Å². The molecule has 0 spiro atoms. The second kappa shape index (κ2) is 6.66. The number of hydrogen-bond acceptors (Lipinski definition) is 4. The maximum absolute atomic E-state index is 12.6. The van der Waals surface area contributed by atoms with Gasteiger partial charge in [0, 0.05) is 24.4 Å². The molecule has 0 radical (unpaired) electrons. The molecule has 7 heteroatoms. The van der Waals surface area contributed by atoms with Crippen molar-refractivity contribution >= 4 is 35.0 Å². The number of benzene rings is 1. The summed E-state index contributed by atoms with van der Waals surface area (Å²) >= 11 is 7.82. The number of thioether (sulfide) groups is 1. The molecule has 1 amide bonds. The monoisotopic (exact) mass is 328 g/mol. The van der Waals surface area contributed by atoms with Gasteiger partial charge in [0.25, 0.3) is 11.6 Å². The number of hydrogen-bond donors (Lipinski definition) is 0. The molecule has 1 aromatic rings. The molecule has 1 saturated carbocycles. The molecular weight excluding hydrogens is 312 g/mol. The van der Waals surface area contributed by atoms with Crippen LogP contribution in [-0.4, -0.2) is 40.3 Å². The Hall–Kier alpha value is -1.27. The van der Waals surface area contributed by atoms with E-state index in [0.29, 0.717) is 5.25 Å².